The third-order valence-corrected chi connectivity index (χ3v) is 2.69. The van der Waals surface area contributed by atoms with Gasteiger partial charge in [0.25, 0.3) is 0 Å². The summed E-state index contributed by atoms with van der Waals surface area (Å²) >= 11 is 0. The van der Waals surface area contributed by atoms with E-state index in [0.717, 1.165) is 5.56 Å². The summed E-state index contributed by atoms with van der Waals surface area (Å²) in [6, 6.07) is 7.80. The van der Waals surface area contributed by atoms with Gasteiger partial charge in [-0.05, 0) is 31.5 Å². The monoisotopic (exact) mass is 231 g/mol. The van der Waals surface area contributed by atoms with Gasteiger partial charge < -0.3 is 4.57 Å². The summed E-state index contributed by atoms with van der Waals surface area (Å²) in [6.45, 7) is 4.08. The Morgan fingerprint density at radius 1 is 1.12 bits per heavy atom. The molecule has 2 aromatic rings. The zero-order valence-corrected chi connectivity index (χ0v) is 9.85. The van der Waals surface area contributed by atoms with Crippen molar-refractivity contribution in [2.45, 2.75) is 19.9 Å². The third kappa shape index (κ3) is 2.44. The number of hydrogen-bond donors (Lipinski definition) is 0. The molecule has 0 aliphatic heterocycles. The Kier molecular flexibility index (Phi) is 3.09. The Balaban J connectivity index is 2.54. The number of pyridine rings is 1. The Labute approximate surface area is 99.3 Å². The minimum atomic E-state index is -0.297. The van der Waals surface area contributed by atoms with Crippen molar-refractivity contribution in [1.29, 1.82) is 0 Å². The molecule has 3 heteroatoms. The molecule has 0 aliphatic carbocycles. The zero-order valence-electron chi connectivity index (χ0n) is 9.85. The van der Waals surface area contributed by atoms with E-state index in [1.165, 1.54) is 12.1 Å². The first kappa shape index (κ1) is 11.6. The summed E-state index contributed by atoms with van der Waals surface area (Å²) in [5, 5.41) is 0. The Morgan fingerprint density at radius 3 is 2.35 bits per heavy atom. The van der Waals surface area contributed by atoms with E-state index in [-0.39, 0.29) is 17.3 Å². The molecule has 88 valence electrons. The van der Waals surface area contributed by atoms with Gasteiger partial charge in [0, 0.05) is 30.1 Å². The average molecular weight is 231 g/mol. The molecule has 1 heterocycles. The summed E-state index contributed by atoms with van der Waals surface area (Å²) in [4.78, 5) is 11.8. The van der Waals surface area contributed by atoms with Gasteiger partial charge in [-0.2, -0.15) is 0 Å². The SMILES string of the molecule is CC(C)n1ccc(=O)c(-c2ccc(F)cc2)c1. The molecule has 0 saturated heterocycles. The van der Waals surface area contributed by atoms with Crippen LogP contribution in [0, 0.1) is 5.82 Å². The van der Waals surface area contributed by atoms with Crippen LogP contribution in [-0.4, -0.2) is 4.57 Å². The highest BCUT2D eigenvalue weighted by Crippen LogP contribution is 2.16. The van der Waals surface area contributed by atoms with Crippen molar-refractivity contribution in [1.82, 2.24) is 4.57 Å². The molecule has 2 rings (SSSR count). The van der Waals surface area contributed by atoms with Crippen LogP contribution in [0.3, 0.4) is 0 Å². The fourth-order valence-electron chi connectivity index (χ4n) is 1.67. The van der Waals surface area contributed by atoms with Crippen LogP contribution in [0.5, 0.6) is 0 Å². The highest BCUT2D eigenvalue weighted by molar-refractivity contribution is 5.62. The minimum absolute atomic E-state index is 0.0477. The van der Waals surface area contributed by atoms with E-state index in [9.17, 15) is 9.18 Å². The number of nitrogens with zero attached hydrogens (tertiary/aromatic N) is 1. The molecule has 0 aliphatic rings. The molecule has 0 bridgehead atoms. The van der Waals surface area contributed by atoms with Crippen molar-refractivity contribution in [3.8, 4) is 11.1 Å². The maximum Gasteiger partial charge on any atom is 0.189 e. The van der Waals surface area contributed by atoms with E-state index in [1.54, 1.807) is 30.6 Å². The van der Waals surface area contributed by atoms with E-state index in [0.29, 0.717) is 5.56 Å². The third-order valence-electron chi connectivity index (χ3n) is 2.69. The fourth-order valence-corrected chi connectivity index (χ4v) is 1.67. The van der Waals surface area contributed by atoms with Crippen LogP contribution >= 0.6 is 0 Å². The average Bonchev–Trinajstić information content (AvgIpc) is 2.31. The summed E-state index contributed by atoms with van der Waals surface area (Å²) < 4.78 is 14.8. The topological polar surface area (TPSA) is 22.0 Å². The molecule has 0 saturated carbocycles. The molecular weight excluding hydrogens is 217 g/mol. The highest BCUT2D eigenvalue weighted by Gasteiger charge is 2.05. The van der Waals surface area contributed by atoms with Gasteiger partial charge in [-0.3, -0.25) is 4.79 Å². The second-order valence-electron chi connectivity index (χ2n) is 4.27. The normalized spacial score (nSPS) is 10.8. The van der Waals surface area contributed by atoms with E-state index < -0.39 is 0 Å². The van der Waals surface area contributed by atoms with Gasteiger partial charge in [-0.15, -0.1) is 0 Å². The molecule has 2 nitrogen and oxygen atoms in total. The first-order valence-electron chi connectivity index (χ1n) is 5.55. The summed E-state index contributed by atoms with van der Waals surface area (Å²) in [5.74, 6) is -0.297. The van der Waals surface area contributed by atoms with E-state index >= 15 is 0 Å². The molecule has 0 N–H and O–H groups in total. The van der Waals surface area contributed by atoms with Crippen LogP contribution in [0.4, 0.5) is 4.39 Å². The first-order valence-corrected chi connectivity index (χ1v) is 5.55. The van der Waals surface area contributed by atoms with Crippen LogP contribution in [-0.2, 0) is 0 Å². The number of rotatable bonds is 2. The molecule has 0 atom stereocenters. The van der Waals surface area contributed by atoms with Gasteiger partial charge in [0.1, 0.15) is 5.82 Å². The Hall–Kier alpha value is -1.90. The molecular formula is C14H14FNO. The Morgan fingerprint density at radius 2 is 1.76 bits per heavy atom. The molecule has 1 aromatic carbocycles. The number of aromatic nitrogens is 1. The molecule has 0 unspecified atom stereocenters. The predicted octanol–water partition coefficient (Wildman–Crippen LogP) is 3.24. The molecule has 0 amide bonds. The van der Waals surface area contributed by atoms with Crippen molar-refractivity contribution >= 4 is 0 Å². The predicted molar refractivity (Wildman–Crippen MR) is 66.5 cm³/mol. The number of hydrogen-bond acceptors (Lipinski definition) is 1. The second kappa shape index (κ2) is 4.53. The van der Waals surface area contributed by atoms with Crippen LogP contribution < -0.4 is 5.43 Å². The van der Waals surface area contributed by atoms with E-state index in [4.69, 9.17) is 0 Å². The van der Waals surface area contributed by atoms with Crippen LogP contribution in [0.1, 0.15) is 19.9 Å². The molecule has 0 fully saturated rings. The van der Waals surface area contributed by atoms with E-state index in [1.807, 2.05) is 18.4 Å². The van der Waals surface area contributed by atoms with Crippen molar-refractivity contribution in [2.24, 2.45) is 0 Å². The molecule has 0 spiro atoms. The molecule has 1 aromatic heterocycles. The quantitative estimate of drug-likeness (QED) is 0.777. The minimum Gasteiger partial charge on any atom is -0.351 e. The van der Waals surface area contributed by atoms with Crippen molar-refractivity contribution in [3.05, 3.63) is 58.8 Å². The largest absolute Gasteiger partial charge is 0.351 e. The number of halogens is 1. The van der Waals surface area contributed by atoms with Crippen molar-refractivity contribution < 1.29 is 4.39 Å². The lowest BCUT2D eigenvalue weighted by atomic mass is 10.1. The van der Waals surface area contributed by atoms with E-state index in [2.05, 4.69) is 0 Å². The molecule has 17 heavy (non-hydrogen) atoms. The lowest BCUT2D eigenvalue weighted by Gasteiger charge is -2.12. The first-order chi connectivity index (χ1) is 8.08. The Bertz CT molecular complexity index is 570. The molecule has 0 radical (unpaired) electrons. The van der Waals surface area contributed by atoms with Gasteiger partial charge in [0.2, 0.25) is 0 Å². The maximum absolute atomic E-state index is 12.8. The van der Waals surface area contributed by atoms with Gasteiger partial charge in [-0.25, -0.2) is 4.39 Å². The van der Waals surface area contributed by atoms with Gasteiger partial charge in [0.05, 0.1) is 0 Å². The number of benzene rings is 1. The van der Waals surface area contributed by atoms with Crippen LogP contribution in [0.2, 0.25) is 0 Å². The standard InChI is InChI=1S/C14H14FNO/c1-10(2)16-8-7-14(17)13(9-16)11-3-5-12(15)6-4-11/h3-10H,1-2H3. The second-order valence-corrected chi connectivity index (χ2v) is 4.27. The summed E-state index contributed by atoms with van der Waals surface area (Å²) in [7, 11) is 0. The van der Waals surface area contributed by atoms with Gasteiger partial charge >= 0.3 is 0 Å². The maximum atomic E-state index is 12.8. The lowest BCUT2D eigenvalue weighted by Crippen LogP contribution is -2.10. The van der Waals surface area contributed by atoms with Gasteiger partial charge in [-0.1, -0.05) is 12.1 Å². The zero-order chi connectivity index (χ0) is 12.4. The van der Waals surface area contributed by atoms with Crippen LogP contribution in [0.15, 0.2) is 47.5 Å². The van der Waals surface area contributed by atoms with Crippen molar-refractivity contribution in [2.75, 3.05) is 0 Å². The summed E-state index contributed by atoms with van der Waals surface area (Å²) in [5.41, 5.74) is 1.29. The fraction of sp³-hybridized carbons (Fsp3) is 0.214. The van der Waals surface area contributed by atoms with Crippen molar-refractivity contribution in [3.63, 3.8) is 0 Å². The summed E-state index contributed by atoms with van der Waals surface area (Å²) in [6.07, 6.45) is 3.57. The lowest BCUT2D eigenvalue weighted by molar-refractivity contribution is 0.596. The highest BCUT2D eigenvalue weighted by atomic mass is 19.1. The van der Waals surface area contributed by atoms with Crippen LogP contribution in [0.25, 0.3) is 11.1 Å². The smallest absolute Gasteiger partial charge is 0.189 e. The van der Waals surface area contributed by atoms with Gasteiger partial charge in [0.15, 0.2) is 5.43 Å².